The average Bonchev–Trinajstić information content (AvgIpc) is 2.58. The molecule has 0 aliphatic heterocycles. The second kappa shape index (κ2) is 4.87. The number of primary sulfonamides is 1. The second-order valence-electron chi connectivity index (χ2n) is 4.60. The van der Waals surface area contributed by atoms with Gasteiger partial charge in [-0.25, -0.2) is 18.2 Å². The molecule has 2 aromatic rings. The fourth-order valence-corrected chi connectivity index (χ4v) is 3.15. The maximum atomic E-state index is 11.6. The zero-order valence-corrected chi connectivity index (χ0v) is 13.7. The van der Waals surface area contributed by atoms with Crippen molar-refractivity contribution in [3.8, 4) is 5.69 Å². The van der Waals surface area contributed by atoms with Crippen LogP contribution in [0.4, 0.5) is 5.69 Å². The first-order valence-corrected chi connectivity index (χ1v) is 8.12. The van der Waals surface area contributed by atoms with Gasteiger partial charge < -0.3 is 5.73 Å². The normalized spacial score (nSPS) is 11.8. The van der Waals surface area contributed by atoms with E-state index < -0.39 is 10.0 Å². The lowest BCUT2D eigenvalue weighted by atomic mass is 10.2. The lowest BCUT2D eigenvalue weighted by molar-refractivity contribution is 0.597. The van der Waals surface area contributed by atoms with Gasteiger partial charge in [0.15, 0.2) is 0 Å². The molecule has 0 saturated heterocycles. The number of benzene rings is 1. The Kier molecular flexibility index (Phi) is 3.66. The van der Waals surface area contributed by atoms with Crippen molar-refractivity contribution in [2.45, 2.75) is 25.7 Å². The fraction of sp³-hybridized carbons (Fsp3) is 0.250. The van der Waals surface area contributed by atoms with Crippen molar-refractivity contribution in [2.24, 2.45) is 5.14 Å². The van der Waals surface area contributed by atoms with E-state index in [0.717, 1.165) is 15.9 Å². The van der Waals surface area contributed by atoms with Crippen molar-refractivity contribution in [2.75, 3.05) is 5.73 Å². The quantitative estimate of drug-likeness (QED) is 0.798. The van der Waals surface area contributed by atoms with Crippen LogP contribution in [0.15, 0.2) is 21.5 Å². The van der Waals surface area contributed by atoms with Gasteiger partial charge in [-0.3, -0.25) is 0 Å². The minimum Gasteiger partial charge on any atom is -0.399 e. The lowest BCUT2D eigenvalue weighted by Crippen LogP contribution is -2.16. The standard InChI is InChI=1S/C12H15BrN4O2S/c1-6-10(17-8(3)12(13)7(2)16-17)4-9(14)5-11(6)20(15,18)19/h4-5H,14H2,1-3H3,(H2,15,18,19). The maximum Gasteiger partial charge on any atom is 0.238 e. The third-order valence-corrected chi connectivity index (χ3v) is 5.28. The predicted molar refractivity (Wildman–Crippen MR) is 81.3 cm³/mol. The van der Waals surface area contributed by atoms with Crippen molar-refractivity contribution >= 4 is 31.6 Å². The Morgan fingerprint density at radius 2 is 1.85 bits per heavy atom. The first kappa shape index (κ1) is 15.0. The molecule has 1 aromatic carbocycles. The highest BCUT2D eigenvalue weighted by molar-refractivity contribution is 9.10. The number of rotatable bonds is 2. The SMILES string of the molecule is Cc1nn(-c2cc(N)cc(S(N)(=O)=O)c2C)c(C)c1Br. The summed E-state index contributed by atoms with van der Waals surface area (Å²) >= 11 is 3.44. The molecular weight excluding hydrogens is 344 g/mol. The summed E-state index contributed by atoms with van der Waals surface area (Å²) in [5.41, 5.74) is 8.88. The van der Waals surface area contributed by atoms with Gasteiger partial charge in [0.25, 0.3) is 0 Å². The molecule has 0 amide bonds. The number of hydrogen-bond donors (Lipinski definition) is 2. The summed E-state index contributed by atoms with van der Waals surface area (Å²) in [4.78, 5) is 0.0103. The van der Waals surface area contributed by atoms with Crippen LogP contribution in [0.1, 0.15) is 17.0 Å². The van der Waals surface area contributed by atoms with Gasteiger partial charge in [0.05, 0.1) is 26.4 Å². The van der Waals surface area contributed by atoms with Crippen molar-refractivity contribution in [1.29, 1.82) is 0 Å². The van der Waals surface area contributed by atoms with Crippen molar-refractivity contribution in [1.82, 2.24) is 9.78 Å². The molecule has 0 bridgehead atoms. The third kappa shape index (κ3) is 2.46. The number of nitrogen functional groups attached to an aromatic ring is 1. The first-order valence-electron chi connectivity index (χ1n) is 5.78. The van der Waals surface area contributed by atoms with E-state index in [-0.39, 0.29) is 4.90 Å². The highest BCUT2D eigenvalue weighted by Crippen LogP contribution is 2.29. The molecule has 6 nitrogen and oxygen atoms in total. The minimum atomic E-state index is -3.84. The Morgan fingerprint density at radius 3 is 2.30 bits per heavy atom. The predicted octanol–water partition coefficient (Wildman–Crippen LogP) is 1.79. The second-order valence-corrected chi connectivity index (χ2v) is 6.93. The van der Waals surface area contributed by atoms with E-state index in [2.05, 4.69) is 21.0 Å². The molecule has 20 heavy (non-hydrogen) atoms. The summed E-state index contributed by atoms with van der Waals surface area (Å²) < 4.78 is 25.8. The van der Waals surface area contributed by atoms with Gasteiger partial charge in [0.2, 0.25) is 10.0 Å². The van der Waals surface area contributed by atoms with Crippen LogP contribution >= 0.6 is 15.9 Å². The van der Waals surface area contributed by atoms with E-state index in [1.54, 1.807) is 17.7 Å². The van der Waals surface area contributed by atoms with Gasteiger partial charge in [-0.1, -0.05) is 0 Å². The molecular formula is C12H15BrN4O2S. The Hall–Kier alpha value is -1.38. The van der Waals surface area contributed by atoms with E-state index in [0.29, 0.717) is 16.9 Å². The van der Waals surface area contributed by atoms with E-state index in [1.807, 2.05) is 13.8 Å². The summed E-state index contributed by atoms with van der Waals surface area (Å²) in [6.07, 6.45) is 0. The molecule has 0 fully saturated rings. The number of hydrogen-bond acceptors (Lipinski definition) is 4. The summed E-state index contributed by atoms with van der Waals surface area (Å²) in [5, 5.41) is 9.61. The van der Waals surface area contributed by atoms with Crippen LogP contribution in [0.2, 0.25) is 0 Å². The maximum absolute atomic E-state index is 11.6. The summed E-state index contributed by atoms with van der Waals surface area (Å²) in [6, 6.07) is 3.03. The monoisotopic (exact) mass is 358 g/mol. The van der Waals surface area contributed by atoms with Gasteiger partial charge in [-0.05, 0) is 54.4 Å². The van der Waals surface area contributed by atoms with Crippen molar-refractivity contribution in [3.05, 3.63) is 33.6 Å². The number of anilines is 1. The third-order valence-electron chi connectivity index (χ3n) is 3.09. The highest BCUT2D eigenvalue weighted by Gasteiger charge is 2.19. The highest BCUT2D eigenvalue weighted by atomic mass is 79.9. The molecule has 4 N–H and O–H groups in total. The van der Waals surface area contributed by atoms with E-state index in [4.69, 9.17) is 10.9 Å². The number of nitrogens with zero attached hydrogens (tertiary/aromatic N) is 2. The van der Waals surface area contributed by atoms with Gasteiger partial charge in [0, 0.05) is 5.69 Å². The van der Waals surface area contributed by atoms with Crippen LogP contribution in [-0.2, 0) is 10.0 Å². The molecule has 0 saturated carbocycles. The van der Waals surface area contributed by atoms with Crippen LogP contribution in [0.3, 0.4) is 0 Å². The molecule has 0 radical (unpaired) electrons. The number of nitrogens with two attached hydrogens (primary N) is 2. The smallest absolute Gasteiger partial charge is 0.238 e. The lowest BCUT2D eigenvalue weighted by Gasteiger charge is -2.13. The van der Waals surface area contributed by atoms with Crippen LogP contribution in [-0.4, -0.2) is 18.2 Å². The molecule has 108 valence electrons. The van der Waals surface area contributed by atoms with Crippen molar-refractivity contribution < 1.29 is 8.42 Å². The number of sulfonamides is 1. The summed E-state index contributed by atoms with van der Waals surface area (Å²) in [7, 11) is -3.84. The largest absolute Gasteiger partial charge is 0.399 e. The summed E-state index contributed by atoms with van der Waals surface area (Å²) in [6.45, 7) is 5.41. The Bertz CT molecular complexity index is 796. The molecule has 0 aliphatic rings. The van der Waals surface area contributed by atoms with Gasteiger partial charge in [0.1, 0.15) is 0 Å². The molecule has 0 spiro atoms. The fourth-order valence-electron chi connectivity index (χ4n) is 2.07. The molecule has 1 heterocycles. The Labute approximate surface area is 125 Å². The molecule has 8 heteroatoms. The molecule has 1 aromatic heterocycles. The molecule has 2 rings (SSSR count). The average molecular weight is 359 g/mol. The first-order chi connectivity index (χ1) is 9.12. The topological polar surface area (TPSA) is 104 Å². The van der Waals surface area contributed by atoms with Crippen LogP contribution in [0, 0.1) is 20.8 Å². The van der Waals surface area contributed by atoms with Crippen molar-refractivity contribution in [3.63, 3.8) is 0 Å². The number of aryl methyl sites for hydroxylation is 1. The van der Waals surface area contributed by atoms with E-state index >= 15 is 0 Å². The Morgan fingerprint density at radius 1 is 1.25 bits per heavy atom. The van der Waals surface area contributed by atoms with E-state index in [1.165, 1.54) is 6.07 Å². The molecule has 0 atom stereocenters. The Balaban J connectivity index is 2.82. The zero-order valence-electron chi connectivity index (χ0n) is 11.3. The van der Waals surface area contributed by atoms with Gasteiger partial charge in [-0.15, -0.1) is 0 Å². The number of aromatic nitrogens is 2. The zero-order chi connectivity index (χ0) is 15.2. The van der Waals surface area contributed by atoms with Crippen LogP contribution in [0.5, 0.6) is 0 Å². The van der Waals surface area contributed by atoms with Gasteiger partial charge in [-0.2, -0.15) is 5.10 Å². The van der Waals surface area contributed by atoms with E-state index in [9.17, 15) is 8.42 Å². The minimum absolute atomic E-state index is 0.0103. The molecule has 0 unspecified atom stereocenters. The summed E-state index contributed by atoms with van der Waals surface area (Å²) in [5.74, 6) is 0. The van der Waals surface area contributed by atoms with Gasteiger partial charge >= 0.3 is 0 Å². The number of halogens is 1. The van der Waals surface area contributed by atoms with Crippen LogP contribution < -0.4 is 10.9 Å². The molecule has 0 aliphatic carbocycles. The van der Waals surface area contributed by atoms with Crippen LogP contribution in [0.25, 0.3) is 5.69 Å².